The number of nitrogens with one attached hydrogen (secondary N) is 1. The number of carbonyl (C=O) groups excluding carboxylic acids is 2. The molecule has 1 aliphatic rings. The number of morpholine rings is 1. The van der Waals surface area contributed by atoms with Crippen LogP contribution in [0, 0.1) is 0 Å². The molecule has 1 saturated heterocycles. The molecule has 1 heterocycles. The Morgan fingerprint density at radius 2 is 1.94 bits per heavy atom. The molecule has 0 saturated carbocycles. The van der Waals surface area contributed by atoms with Crippen LogP contribution < -0.4 is 10.2 Å². The summed E-state index contributed by atoms with van der Waals surface area (Å²) >= 11 is 0. The molecule has 1 N–H and O–H groups in total. The van der Waals surface area contributed by atoms with Crippen molar-refractivity contribution in [1.29, 1.82) is 0 Å². The first-order valence-electron chi connectivity index (χ1n) is 5.84. The maximum Gasteiger partial charge on any atom is 0.259 e. The third-order valence-electron chi connectivity index (χ3n) is 3.01. The molecule has 18 heavy (non-hydrogen) atoms. The molecule has 96 valence electrons. The third kappa shape index (κ3) is 2.42. The van der Waals surface area contributed by atoms with Gasteiger partial charge < -0.3 is 10.1 Å². The van der Waals surface area contributed by atoms with E-state index in [0.29, 0.717) is 5.69 Å². The van der Waals surface area contributed by atoms with Crippen molar-refractivity contribution in [2.45, 2.75) is 13.0 Å². The van der Waals surface area contributed by atoms with E-state index in [2.05, 4.69) is 5.32 Å². The van der Waals surface area contributed by atoms with Crippen molar-refractivity contribution in [1.82, 2.24) is 5.32 Å². The summed E-state index contributed by atoms with van der Waals surface area (Å²) in [6.07, 6.45) is 0. The van der Waals surface area contributed by atoms with E-state index in [4.69, 9.17) is 4.74 Å². The normalized spacial score (nSPS) is 18.0. The highest BCUT2D eigenvalue weighted by Gasteiger charge is 2.28. The van der Waals surface area contributed by atoms with Crippen LogP contribution in [0.25, 0.3) is 0 Å². The van der Waals surface area contributed by atoms with Crippen LogP contribution in [-0.4, -0.2) is 32.1 Å². The molecule has 0 radical (unpaired) electrons. The lowest BCUT2D eigenvalue weighted by Gasteiger charge is -2.25. The van der Waals surface area contributed by atoms with Gasteiger partial charge >= 0.3 is 0 Å². The van der Waals surface area contributed by atoms with Gasteiger partial charge in [0.2, 0.25) is 0 Å². The summed E-state index contributed by atoms with van der Waals surface area (Å²) in [5, 5.41) is 3.12. The van der Waals surface area contributed by atoms with Gasteiger partial charge in [-0.2, -0.15) is 0 Å². The van der Waals surface area contributed by atoms with Crippen molar-refractivity contribution < 1.29 is 14.3 Å². The molecular formula is C13H16N2O3. The number of ether oxygens (including phenoxy) is 1. The molecule has 1 aliphatic heterocycles. The highest BCUT2D eigenvalue weighted by Crippen LogP contribution is 2.22. The molecule has 1 aromatic carbocycles. The fourth-order valence-electron chi connectivity index (χ4n) is 1.88. The Morgan fingerprint density at radius 3 is 2.56 bits per heavy atom. The zero-order valence-corrected chi connectivity index (χ0v) is 10.5. The minimum Gasteiger partial charge on any atom is -0.362 e. The van der Waals surface area contributed by atoms with Gasteiger partial charge in [-0.3, -0.25) is 9.59 Å². The van der Waals surface area contributed by atoms with Crippen LogP contribution in [0.1, 0.15) is 18.5 Å². The van der Waals surface area contributed by atoms with Gasteiger partial charge in [-0.25, -0.2) is 4.90 Å². The lowest BCUT2D eigenvalue weighted by atomic mass is 10.1. The standard InChI is InChI=1S/C13H16N2O3/c1-9(14-2)10-4-3-5-11(6-10)15-12(16)7-18-8-13(15)17/h3-6,9,14H,7-8H2,1-2H3. The minimum absolute atomic E-state index is 0.0441. The monoisotopic (exact) mass is 248 g/mol. The van der Waals surface area contributed by atoms with Crippen molar-refractivity contribution in [2.75, 3.05) is 25.2 Å². The van der Waals surface area contributed by atoms with Gasteiger partial charge in [0.05, 0.1) is 5.69 Å². The van der Waals surface area contributed by atoms with E-state index in [-0.39, 0.29) is 31.1 Å². The maximum absolute atomic E-state index is 11.7. The van der Waals surface area contributed by atoms with Crippen LogP contribution in [0.4, 0.5) is 5.69 Å². The molecule has 0 spiro atoms. The van der Waals surface area contributed by atoms with Crippen LogP contribution in [-0.2, 0) is 14.3 Å². The Bertz CT molecular complexity index is 457. The van der Waals surface area contributed by atoms with Gasteiger partial charge in [-0.15, -0.1) is 0 Å². The summed E-state index contributed by atoms with van der Waals surface area (Å²) in [7, 11) is 1.86. The van der Waals surface area contributed by atoms with Crippen LogP contribution >= 0.6 is 0 Å². The molecule has 2 rings (SSSR count). The number of nitrogens with zero attached hydrogens (tertiary/aromatic N) is 1. The highest BCUT2D eigenvalue weighted by molar-refractivity contribution is 6.17. The molecule has 0 bridgehead atoms. The Morgan fingerprint density at radius 1 is 1.28 bits per heavy atom. The number of anilines is 1. The van der Waals surface area contributed by atoms with Crippen LogP contribution in [0.3, 0.4) is 0 Å². The second kappa shape index (κ2) is 5.29. The van der Waals surface area contributed by atoms with Crippen molar-refractivity contribution in [3.63, 3.8) is 0 Å². The first-order chi connectivity index (χ1) is 8.63. The summed E-state index contributed by atoms with van der Waals surface area (Å²) in [6, 6.07) is 7.57. The zero-order chi connectivity index (χ0) is 13.1. The summed E-state index contributed by atoms with van der Waals surface area (Å²) in [5.74, 6) is -0.638. The fraction of sp³-hybridized carbons (Fsp3) is 0.385. The molecule has 2 amide bonds. The first-order valence-corrected chi connectivity index (χ1v) is 5.84. The van der Waals surface area contributed by atoms with Gasteiger partial charge in [0.15, 0.2) is 0 Å². The van der Waals surface area contributed by atoms with Gasteiger partial charge in [0, 0.05) is 6.04 Å². The minimum atomic E-state index is -0.319. The van der Waals surface area contributed by atoms with E-state index in [1.54, 1.807) is 6.07 Å². The average molecular weight is 248 g/mol. The summed E-state index contributed by atoms with van der Waals surface area (Å²) in [4.78, 5) is 24.6. The summed E-state index contributed by atoms with van der Waals surface area (Å²) < 4.78 is 4.89. The van der Waals surface area contributed by atoms with Crippen LogP contribution in [0.15, 0.2) is 24.3 Å². The van der Waals surface area contributed by atoms with Gasteiger partial charge in [-0.05, 0) is 31.7 Å². The van der Waals surface area contributed by atoms with E-state index in [1.165, 1.54) is 4.90 Å². The number of rotatable bonds is 3. The smallest absolute Gasteiger partial charge is 0.259 e. The lowest BCUT2D eigenvalue weighted by Crippen LogP contribution is -2.46. The van der Waals surface area contributed by atoms with Crippen molar-refractivity contribution in [3.05, 3.63) is 29.8 Å². The first kappa shape index (κ1) is 12.7. The predicted octanol–water partition coefficient (Wildman–Crippen LogP) is 0.857. The number of amides is 2. The Labute approximate surface area is 106 Å². The molecular weight excluding hydrogens is 232 g/mol. The molecule has 1 aromatic rings. The number of carbonyl (C=O) groups is 2. The second-order valence-corrected chi connectivity index (χ2v) is 4.22. The van der Waals surface area contributed by atoms with Gasteiger partial charge in [0.25, 0.3) is 11.8 Å². The summed E-state index contributed by atoms with van der Waals surface area (Å²) in [6.45, 7) is 1.93. The topological polar surface area (TPSA) is 58.6 Å². The van der Waals surface area contributed by atoms with Crippen molar-refractivity contribution in [2.24, 2.45) is 0 Å². The van der Waals surface area contributed by atoms with Gasteiger partial charge in [0.1, 0.15) is 13.2 Å². The Kier molecular flexibility index (Phi) is 3.74. The molecule has 1 unspecified atom stereocenters. The molecule has 1 atom stereocenters. The second-order valence-electron chi connectivity index (χ2n) is 4.22. The molecule has 1 fully saturated rings. The third-order valence-corrected chi connectivity index (χ3v) is 3.01. The summed E-state index contributed by atoms with van der Waals surface area (Å²) in [5.41, 5.74) is 1.63. The van der Waals surface area contributed by atoms with E-state index < -0.39 is 0 Å². The van der Waals surface area contributed by atoms with E-state index in [1.807, 2.05) is 32.2 Å². The maximum atomic E-state index is 11.7. The van der Waals surface area contributed by atoms with Crippen molar-refractivity contribution in [3.8, 4) is 0 Å². The fourth-order valence-corrected chi connectivity index (χ4v) is 1.88. The van der Waals surface area contributed by atoms with E-state index in [0.717, 1.165) is 5.56 Å². The number of hydrogen-bond donors (Lipinski definition) is 1. The largest absolute Gasteiger partial charge is 0.362 e. The van der Waals surface area contributed by atoms with Gasteiger partial charge in [-0.1, -0.05) is 12.1 Å². The number of hydrogen-bond acceptors (Lipinski definition) is 4. The highest BCUT2D eigenvalue weighted by atomic mass is 16.5. The van der Waals surface area contributed by atoms with E-state index >= 15 is 0 Å². The Balaban J connectivity index is 2.32. The van der Waals surface area contributed by atoms with E-state index in [9.17, 15) is 9.59 Å². The predicted molar refractivity (Wildman–Crippen MR) is 67.2 cm³/mol. The van der Waals surface area contributed by atoms with Crippen LogP contribution in [0.2, 0.25) is 0 Å². The van der Waals surface area contributed by atoms with Crippen LogP contribution in [0.5, 0.6) is 0 Å². The average Bonchev–Trinajstić information content (AvgIpc) is 2.38. The number of benzene rings is 1. The van der Waals surface area contributed by atoms with Crippen molar-refractivity contribution >= 4 is 17.5 Å². The number of imide groups is 1. The lowest BCUT2D eigenvalue weighted by molar-refractivity contribution is -0.138. The molecule has 0 aliphatic carbocycles. The quantitative estimate of drug-likeness (QED) is 0.806. The Hall–Kier alpha value is -1.72. The SMILES string of the molecule is CNC(C)c1cccc(N2C(=O)COCC2=O)c1. The molecule has 5 nitrogen and oxygen atoms in total. The molecule has 0 aromatic heterocycles. The molecule has 5 heteroatoms. The zero-order valence-electron chi connectivity index (χ0n) is 10.5.